The SMILES string of the molecule is CCOc1cc(/C=C2/C(=O)NN(c3ccc(Cl)cc3)C2=O)cc(I)c1OC. The predicted molar refractivity (Wildman–Crippen MR) is 112 cm³/mol. The molecule has 3 rings (SSSR count). The molecule has 0 atom stereocenters. The molecule has 1 saturated heterocycles. The summed E-state index contributed by atoms with van der Waals surface area (Å²) in [5.74, 6) is 0.258. The van der Waals surface area contributed by atoms with Crippen LogP contribution in [0.25, 0.3) is 6.08 Å². The standard InChI is InChI=1S/C19H16ClIN2O4/c1-3-27-16-10-11(9-15(21)17(16)26-2)8-14-18(24)22-23(19(14)25)13-6-4-12(20)5-7-13/h4-10H,3H2,1-2H3,(H,22,24)/b14-8-. The molecule has 1 heterocycles. The van der Waals surface area contributed by atoms with Crippen LogP contribution in [0.15, 0.2) is 42.0 Å². The maximum absolute atomic E-state index is 12.7. The summed E-state index contributed by atoms with van der Waals surface area (Å²) in [5, 5.41) is 1.74. The lowest BCUT2D eigenvalue weighted by molar-refractivity contribution is -0.117. The smallest absolute Gasteiger partial charge is 0.282 e. The van der Waals surface area contributed by atoms with E-state index in [2.05, 4.69) is 28.0 Å². The van der Waals surface area contributed by atoms with E-state index in [-0.39, 0.29) is 5.57 Å². The van der Waals surface area contributed by atoms with E-state index in [1.807, 2.05) is 13.0 Å². The number of amides is 2. The number of hydrogen-bond acceptors (Lipinski definition) is 4. The van der Waals surface area contributed by atoms with Crippen molar-refractivity contribution in [2.45, 2.75) is 6.92 Å². The second-order valence-corrected chi connectivity index (χ2v) is 7.18. The summed E-state index contributed by atoms with van der Waals surface area (Å²) in [6, 6.07) is 10.2. The monoisotopic (exact) mass is 498 g/mol. The van der Waals surface area contributed by atoms with E-state index in [9.17, 15) is 9.59 Å². The van der Waals surface area contributed by atoms with E-state index in [4.69, 9.17) is 21.1 Å². The van der Waals surface area contributed by atoms with E-state index in [1.165, 1.54) is 11.1 Å². The molecule has 0 saturated carbocycles. The molecule has 2 aromatic carbocycles. The Morgan fingerprint density at radius 3 is 2.56 bits per heavy atom. The van der Waals surface area contributed by atoms with Crippen LogP contribution in [0.2, 0.25) is 5.02 Å². The maximum atomic E-state index is 12.7. The summed E-state index contributed by atoms with van der Waals surface area (Å²) in [5.41, 5.74) is 3.79. The van der Waals surface area contributed by atoms with E-state index in [1.54, 1.807) is 37.4 Å². The molecule has 0 bridgehead atoms. The summed E-state index contributed by atoms with van der Waals surface area (Å²) in [6.07, 6.45) is 1.54. The molecule has 1 aliphatic rings. The van der Waals surface area contributed by atoms with Gasteiger partial charge in [0.25, 0.3) is 11.8 Å². The number of rotatable bonds is 5. The molecule has 0 unspecified atom stereocenters. The highest BCUT2D eigenvalue weighted by Gasteiger charge is 2.34. The van der Waals surface area contributed by atoms with Crippen molar-refractivity contribution in [2.75, 3.05) is 18.7 Å². The molecule has 1 N–H and O–H groups in total. The Bertz CT molecular complexity index is 928. The van der Waals surface area contributed by atoms with Gasteiger partial charge in [-0.1, -0.05) is 11.6 Å². The minimum Gasteiger partial charge on any atom is -0.492 e. The summed E-state index contributed by atoms with van der Waals surface area (Å²) in [6.45, 7) is 2.34. The summed E-state index contributed by atoms with van der Waals surface area (Å²) in [7, 11) is 1.57. The maximum Gasteiger partial charge on any atom is 0.282 e. The van der Waals surface area contributed by atoms with Crippen molar-refractivity contribution in [3.8, 4) is 11.5 Å². The zero-order valence-corrected chi connectivity index (χ0v) is 17.5. The molecule has 0 aromatic heterocycles. The van der Waals surface area contributed by atoms with Crippen molar-refractivity contribution in [1.82, 2.24) is 5.43 Å². The number of ether oxygens (including phenoxy) is 2. The first-order valence-corrected chi connectivity index (χ1v) is 9.53. The summed E-state index contributed by atoms with van der Waals surface area (Å²) < 4.78 is 11.8. The molecule has 1 fully saturated rings. The molecule has 0 radical (unpaired) electrons. The predicted octanol–water partition coefficient (Wildman–Crippen LogP) is 3.81. The van der Waals surface area contributed by atoms with Crippen LogP contribution in [0.1, 0.15) is 12.5 Å². The van der Waals surface area contributed by atoms with Gasteiger partial charge in [0, 0.05) is 5.02 Å². The third-order valence-electron chi connectivity index (χ3n) is 3.82. The first kappa shape index (κ1) is 19.5. The fraction of sp³-hybridized carbons (Fsp3) is 0.158. The third-order valence-corrected chi connectivity index (χ3v) is 4.88. The molecule has 140 valence electrons. The van der Waals surface area contributed by atoms with Crippen molar-refractivity contribution in [3.05, 3.63) is 56.1 Å². The van der Waals surface area contributed by atoms with Gasteiger partial charge in [-0.25, -0.2) is 5.01 Å². The van der Waals surface area contributed by atoms with Gasteiger partial charge in [-0.2, -0.15) is 0 Å². The molecule has 6 nitrogen and oxygen atoms in total. The molecule has 2 aromatic rings. The van der Waals surface area contributed by atoms with E-state index < -0.39 is 11.8 Å². The van der Waals surface area contributed by atoms with Gasteiger partial charge < -0.3 is 9.47 Å². The molecule has 0 spiro atoms. The molecule has 0 aliphatic carbocycles. The van der Waals surface area contributed by atoms with E-state index in [0.717, 1.165) is 3.57 Å². The second-order valence-electron chi connectivity index (χ2n) is 5.58. The van der Waals surface area contributed by atoms with Gasteiger partial charge in [0.05, 0.1) is 23.0 Å². The third kappa shape index (κ3) is 4.03. The summed E-state index contributed by atoms with van der Waals surface area (Å²) >= 11 is 8.00. The van der Waals surface area contributed by atoms with Crippen LogP contribution in [-0.2, 0) is 9.59 Å². The highest BCUT2D eigenvalue weighted by atomic mass is 127. The number of methoxy groups -OCH3 is 1. The fourth-order valence-corrected chi connectivity index (χ4v) is 3.60. The molecule has 27 heavy (non-hydrogen) atoms. The van der Waals surface area contributed by atoms with Crippen molar-refractivity contribution in [3.63, 3.8) is 0 Å². The number of nitrogens with zero attached hydrogens (tertiary/aromatic N) is 1. The Hall–Kier alpha value is -2.26. The summed E-state index contributed by atoms with van der Waals surface area (Å²) in [4.78, 5) is 25.0. The largest absolute Gasteiger partial charge is 0.492 e. The Kier molecular flexibility index (Phi) is 5.91. The van der Waals surface area contributed by atoms with Crippen LogP contribution in [0.5, 0.6) is 11.5 Å². The normalized spacial score (nSPS) is 15.3. The Balaban J connectivity index is 1.96. The van der Waals surface area contributed by atoms with E-state index >= 15 is 0 Å². The fourth-order valence-electron chi connectivity index (χ4n) is 2.63. The van der Waals surface area contributed by atoms with Gasteiger partial charge in [0.15, 0.2) is 11.5 Å². The van der Waals surface area contributed by atoms with Crippen LogP contribution in [0.4, 0.5) is 5.69 Å². The number of benzene rings is 2. The minimum atomic E-state index is -0.473. The van der Waals surface area contributed by atoms with Gasteiger partial charge in [-0.3, -0.25) is 15.0 Å². The molecule has 2 amide bonds. The average molecular weight is 499 g/mol. The van der Waals surface area contributed by atoms with Gasteiger partial charge >= 0.3 is 0 Å². The minimum absolute atomic E-state index is 0.0355. The highest BCUT2D eigenvalue weighted by Crippen LogP contribution is 2.35. The van der Waals surface area contributed by atoms with Gasteiger partial charge in [-0.05, 0) is 77.6 Å². The van der Waals surface area contributed by atoms with Gasteiger partial charge in [0.1, 0.15) is 5.57 Å². The number of anilines is 1. The number of hydrogen-bond donors (Lipinski definition) is 1. The second kappa shape index (κ2) is 8.18. The molecular weight excluding hydrogens is 483 g/mol. The molecule has 1 aliphatic heterocycles. The van der Waals surface area contributed by atoms with Gasteiger partial charge in [0.2, 0.25) is 0 Å². The topological polar surface area (TPSA) is 67.9 Å². The Morgan fingerprint density at radius 1 is 1.22 bits per heavy atom. The highest BCUT2D eigenvalue weighted by molar-refractivity contribution is 14.1. The van der Waals surface area contributed by atoms with Crippen LogP contribution in [-0.4, -0.2) is 25.5 Å². The van der Waals surface area contributed by atoms with Gasteiger partial charge in [-0.15, -0.1) is 0 Å². The van der Waals surface area contributed by atoms with Crippen molar-refractivity contribution in [1.29, 1.82) is 0 Å². The first-order valence-electron chi connectivity index (χ1n) is 8.07. The van der Waals surface area contributed by atoms with E-state index in [0.29, 0.717) is 34.4 Å². The van der Waals surface area contributed by atoms with Crippen molar-refractivity contribution in [2.24, 2.45) is 0 Å². The van der Waals surface area contributed by atoms with Crippen molar-refractivity contribution >= 4 is 57.8 Å². The number of carbonyl (C=O) groups excluding carboxylic acids is 2. The van der Waals surface area contributed by atoms with Crippen LogP contribution in [0.3, 0.4) is 0 Å². The molecule has 8 heteroatoms. The lowest BCUT2D eigenvalue weighted by atomic mass is 10.1. The van der Waals surface area contributed by atoms with Crippen LogP contribution < -0.4 is 19.9 Å². The molecular formula is C19H16ClIN2O4. The van der Waals surface area contributed by atoms with Crippen molar-refractivity contribution < 1.29 is 19.1 Å². The zero-order valence-electron chi connectivity index (χ0n) is 14.6. The number of halogens is 2. The Labute approximate surface area is 175 Å². The average Bonchev–Trinajstić information content (AvgIpc) is 2.91. The number of nitrogens with one attached hydrogen (secondary N) is 1. The Morgan fingerprint density at radius 2 is 1.93 bits per heavy atom. The van der Waals surface area contributed by atoms with Crippen LogP contribution >= 0.6 is 34.2 Å². The number of carbonyl (C=O) groups is 2. The lowest BCUT2D eigenvalue weighted by Gasteiger charge is -2.14. The number of hydrazine groups is 1. The lowest BCUT2D eigenvalue weighted by Crippen LogP contribution is -2.35. The zero-order chi connectivity index (χ0) is 19.6. The van der Waals surface area contributed by atoms with Crippen LogP contribution in [0, 0.1) is 3.57 Å². The first-order chi connectivity index (χ1) is 12.9. The quantitative estimate of drug-likeness (QED) is 0.387.